The second-order valence-corrected chi connectivity index (χ2v) is 5.86. The van der Waals surface area contributed by atoms with Crippen LogP contribution in [0.3, 0.4) is 0 Å². The van der Waals surface area contributed by atoms with E-state index in [1.807, 2.05) is 20.8 Å². The van der Waals surface area contributed by atoms with Crippen molar-refractivity contribution in [1.82, 2.24) is 5.32 Å². The van der Waals surface area contributed by atoms with E-state index in [1.165, 1.54) is 11.1 Å². The highest BCUT2D eigenvalue weighted by Crippen LogP contribution is 2.07. The molecule has 1 aromatic carbocycles. The van der Waals surface area contributed by atoms with Crippen LogP contribution in [-0.2, 0) is 4.74 Å². The van der Waals surface area contributed by atoms with Crippen LogP contribution in [0.25, 0.3) is 0 Å². The number of benzene rings is 1. The van der Waals surface area contributed by atoms with E-state index in [9.17, 15) is 4.79 Å². The molecule has 108 valence electrons. The lowest BCUT2D eigenvalue weighted by atomic mass is 10.1. The predicted molar refractivity (Wildman–Crippen MR) is 81.6 cm³/mol. The van der Waals surface area contributed by atoms with Gasteiger partial charge in [0.15, 0.2) is 0 Å². The average molecular weight is 273 g/mol. The van der Waals surface area contributed by atoms with E-state index in [1.54, 1.807) is 0 Å². The number of carbonyl (C=O) groups excluding carboxylic acids is 1. The standard InChI is InChI=1S/C17H23NO2/c1-13-10-14(2)12-15(11-13)8-6-7-9-18-16(19)20-17(3,4)5/h10-12H,7,9H2,1-5H3,(H,18,19). The fourth-order valence-corrected chi connectivity index (χ4v) is 1.75. The summed E-state index contributed by atoms with van der Waals surface area (Å²) in [6, 6.07) is 6.23. The summed E-state index contributed by atoms with van der Waals surface area (Å²) in [6.07, 6.45) is 0.206. The molecule has 0 unspecified atom stereocenters. The van der Waals surface area contributed by atoms with Gasteiger partial charge < -0.3 is 10.1 Å². The van der Waals surface area contributed by atoms with Crippen LogP contribution in [0.1, 0.15) is 43.9 Å². The van der Waals surface area contributed by atoms with E-state index >= 15 is 0 Å². The predicted octanol–water partition coefficient (Wildman–Crippen LogP) is 3.57. The van der Waals surface area contributed by atoms with Crippen molar-refractivity contribution in [2.24, 2.45) is 0 Å². The number of ether oxygens (including phenoxy) is 1. The van der Waals surface area contributed by atoms with E-state index in [0.717, 1.165) is 5.56 Å². The molecule has 0 saturated heterocycles. The number of amides is 1. The third-order valence-corrected chi connectivity index (χ3v) is 2.37. The Bertz CT molecular complexity index is 510. The minimum Gasteiger partial charge on any atom is -0.444 e. The first-order valence-electron chi connectivity index (χ1n) is 6.80. The van der Waals surface area contributed by atoms with Crippen molar-refractivity contribution in [2.75, 3.05) is 6.54 Å². The Kier molecular flexibility index (Phi) is 5.64. The first kappa shape index (κ1) is 16.1. The molecule has 0 aliphatic rings. The molecule has 1 rings (SSSR count). The Morgan fingerprint density at radius 3 is 2.35 bits per heavy atom. The van der Waals surface area contributed by atoms with Gasteiger partial charge in [-0.1, -0.05) is 17.9 Å². The Morgan fingerprint density at radius 1 is 1.20 bits per heavy atom. The van der Waals surface area contributed by atoms with Crippen molar-refractivity contribution in [1.29, 1.82) is 0 Å². The van der Waals surface area contributed by atoms with Gasteiger partial charge in [0.2, 0.25) is 0 Å². The topological polar surface area (TPSA) is 38.3 Å². The summed E-state index contributed by atoms with van der Waals surface area (Å²) in [5, 5.41) is 2.68. The molecule has 0 fully saturated rings. The highest BCUT2D eigenvalue weighted by molar-refractivity contribution is 5.67. The smallest absolute Gasteiger partial charge is 0.407 e. The summed E-state index contributed by atoms with van der Waals surface area (Å²) >= 11 is 0. The van der Waals surface area contributed by atoms with Crippen molar-refractivity contribution in [3.63, 3.8) is 0 Å². The monoisotopic (exact) mass is 273 g/mol. The van der Waals surface area contributed by atoms with E-state index in [0.29, 0.717) is 13.0 Å². The molecular formula is C17H23NO2. The molecule has 0 heterocycles. The molecule has 3 nitrogen and oxygen atoms in total. The lowest BCUT2D eigenvalue weighted by Crippen LogP contribution is -2.32. The SMILES string of the molecule is Cc1cc(C)cc(C#CCCNC(=O)OC(C)(C)C)c1. The van der Waals surface area contributed by atoms with Crippen molar-refractivity contribution in [3.8, 4) is 11.8 Å². The van der Waals surface area contributed by atoms with Gasteiger partial charge in [-0.3, -0.25) is 0 Å². The second kappa shape index (κ2) is 7.00. The highest BCUT2D eigenvalue weighted by atomic mass is 16.6. The number of carbonyl (C=O) groups is 1. The highest BCUT2D eigenvalue weighted by Gasteiger charge is 2.15. The molecule has 20 heavy (non-hydrogen) atoms. The second-order valence-electron chi connectivity index (χ2n) is 5.86. The molecule has 3 heteroatoms. The molecule has 0 bridgehead atoms. The molecule has 1 amide bonds. The van der Waals surface area contributed by atoms with Crippen LogP contribution in [0.15, 0.2) is 18.2 Å². The van der Waals surface area contributed by atoms with Gasteiger partial charge in [0, 0.05) is 18.5 Å². The summed E-state index contributed by atoms with van der Waals surface area (Å²) in [5.41, 5.74) is 2.97. The fraction of sp³-hybridized carbons (Fsp3) is 0.471. The number of rotatable bonds is 2. The Balaban J connectivity index is 2.38. The summed E-state index contributed by atoms with van der Waals surface area (Å²) in [7, 11) is 0. The maximum absolute atomic E-state index is 11.4. The fourth-order valence-electron chi connectivity index (χ4n) is 1.75. The van der Waals surface area contributed by atoms with Gasteiger partial charge in [0.05, 0.1) is 0 Å². The van der Waals surface area contributed by atoms with Gasteiger partial charge in [0.1, 0.15) is 5.60 Å². The Morgan fingerprint density at radius 2 is 1.80 bits per heavy atom. The van der Waals surface area contributed by atoms with Crippen molar-refractivity contribution in [2.45, 2.75) is 46.6 Å². The zero-order valence-corrected chi connectivity index (χ0v) is 13.0. The minimum atomic E-state index is -0.463. The molecule has 0 aromatic heterocycles. The molecule has 0 atom stereocenters. The number of nitrogens with one attached hydrogen (secondary N) is 1. The molecule has 0 spiro atoms. The zero-order valence-electron chi connectivity index (χ0n) is 13.0. The molecule has 0 radical (unpaired) electrons. The van der Waals surface area contributed by atoms with Gasteiger partial charge in [0.25, 0.3) is 0 Å². The summed E-state index contributed by atoms with van der Waals surface area (Å²) < 4.78 is 5.14. The lowest BCUT2D eigenvalue weighted by Gasteiger charge is -2.19. The average Bonchev–Trinajstić information content (AvgIpc) is 2.24. The van der Waals surface area contributed by atoms with Crippen LogP contribution in [0.2, 0.25) is 0 Å². The normalized spacial score (nSPS) is 10.4. The molecule has 1 N–H and O–H groups in total. The molecule has 1 aromatic rings. The third-order valence-electron chi connectivity index (χ3n) is 2.37. The summed E-state index contributed by atoms with van der Waals surface area (Å²) in [4.78, 5) is 11.4. The van der Waals surface area contributed by atoms with Crippen LogP contribution < -0.4 is 5.32 Å². The Labute approximate surface area is 121 Å². The van der Waals surface area contributed by atoms with Gasteiger partial charge in [-0.25, -0.2) is 4.79 Å². The quantitative estimate of drug-likeness (QED) is 0.661. The maximum Gasteiger partial charge on any atom is 0.407 e. The van der Waals surface area contributed by atoms with Gasteiger partial charge >= 0.3 is 6.09 Å². The van der Waals surface area contributed by atoms with E-state index in [2.05, 4.69) is 49.2 Å². The number of alkyl carbamates (subject to hydrolysis) is 1. The molecule has 0 aliphatic heterocycles. The zero-order chi connectivity index (χ0) is 15.2. The van der Waals surface area contributed by atoms with E-state index in [-0.39, 0.29) is 0 Å². The minimum absolute atomic E-state index is 0.398. The van der Waals surface area contributed by atoms with Crippen LogP contribution in [-0.4, -0.2) is 18.2 Å². The van der Waals surface area contributed by atoms with Gasteiger partial charge in [-0.05, 0) is 57.9 Å². The largest absolute Gasteiger partial charge is 0.444 e. The van der Waals surface area contributed by atoms with E-state index < -0.39 is 11.7 Å². The van der Waals surface area contributed by atoms with Crippen molar-refractivity contribution < 1.29 is 9.53 Å². The number of hydrogen-bond acceptors (Lipinski definition) is 2. The summed E-state index contributed by atoms with van der Waals surface area (Å²) in [6.45, 7) is 10.1. The van der Waals surface area contributed by atoms with Crippen LogP contribution in [0, 0.1) is 25.7 Å². The van der Waals surface area contributed by atoms with Crippen molar-refractivity contribution in [3.05, 3.63) is 34.9 Å². The third kappa shape index (κ3) is 6.84. The van der Waals surface area contributed by atoms with Crippen LogP contribution in [0.4, 0.5) is 4.79 Å². The van der Waals surface area contributed by atoms with Gasteiger partial charge in [-0.15, -0.1) is 0 Å². The van der Waals surface area contributed by atoms with Crippen molar-refractivity contribution >= 4 is 6.09 Å². The summed E-state index contributed by atoms with van der Waals surface area (Å²) in [5.74, 6) is 6.16. The first-order chi connectivity index (χ1) is 9.26. The number of hydrogen-bond donors (Lipinski definition) is 1. The first-order valence-corrected chi connectivity index (χ1v) is 6.80. The number of aryl methyl sites for hydroxylation is 2. The van der Waals surface area contributed by atoms with E-state index in [4.69, 9.17) is 4.74 Å². The van der Waals surface area contributed by atoms with Crippen LogP contribution >= 0.6 is 0 Å². The lowest BCUT2D eigenvalue weighted by molar-refractivity contribution is 0.0529. The molecule has 0 saturated carbocycles. The maximum atomic E-state index is 11.4. The van der Waals surface area contributed by atoms with Gasteiger partial charge in [-0.2, -0.15) is 0 Å². The molecule has 0 aliphatic carbocycles. The Hall–Kier alpha value is -1.95. The molecular weight excluding hydrogens is 250 g/mol. The van der Waals surface area contributed by atoms with Crippen LogP contribution in [0.5, 0.6) is 0 Å².